The van der Waals surface area contributed by atoms with E-state index in [0.717, 1.165) is 50.2 Å². The summed E-state index contributed by atoms with van der Waals surface area (Å²) in [5.41, 5.74) is 2.33. The first-order valence-electron chi connectivity index (χ1n) is 9.32. The van der Waals surface area contributed by atoms with Gasteiger partial charge in [-0.25, -0.2) is 0 Å². The van der Waals surface area contributed by atoms with Gasteiger partial charge in [0.1, 0.15) is 0 Å². The number of rotatable bonds is 6. The van der Waals surface area contributed by atoms with Crippen molar-refractivity contribution in [2.75, 3.05) is 33.2 Å². The summed E-state index contributed by atoms with van der Waals surface area (Å²) in [5, 5.41) is 7.60. The molecule has 6 heteroatoms. The van der Waals surface area contributed by atoms with Crippen molar-refractivity contribution in [3.05, 3.63) is 35.7 Å². The van der Waals surface area contributed by atoms with Crippen LogP contribution < -0.4 is 5.32 Å². The Morgan fingerprint density at radius 1 is 1.28 bits per heavy atom. The van der Waals surface area contributed by atoms with Crippen molar-refractivity contribution < 1.29 is 4.52 Å². The molecule has 0 amide bonds. The molecule has 0 spiro atoms. The molecule has 4 rings (SSSR count). The van der Waals surface area contributed by atoms with E-state index >= 15 is 0 Å². The summed E-state index contributed by atoms with van der Waals surface area (Å²) in [6.45, 7) is 7.25. The van der Waals surface area contributed by atoms with Crippen molar-refractivity contribution in [1.82, 2.24) is 25.3 Å². The monoisotopic (exact) mass is 341 g/mol. The minimum Gasteiger partial charge on any atom is -0.334 e. The second kappa shape index (κ2) is 7.23. The summed E-state index contributed by atoms with van der Waals surface area (Å²) in [4.78, 5) is 9.45. The number of benzene rings is 1. The van der Waals surface area contributed by atoms with E-state index in [4.69, 9.17) is 4.52 Å². The SMILES string of the molecule is CCN(Cc1ccc(-c2nc(C3CNCCN3C)no2)cc1)C1CC1. The second-order valence-corrected chi connectivity index (χ2v) is 7.15. The van der Waals surface area contributed by atoms with Crippen molar-refractivity contribution in [1.29, 1.82) is 0 Å². The van der Waals surface area contributed by atoms with Gasteiger partial charge in [-0.05, 0) is 44.1 Å². The summed E-state index contributed by atoms with van der Waals surface area (Å²) >= 11 is 0. The highest BCUT2D eigenvalue weighted by Crippen LogP contribution is 2.28. The van der Waals surface area contributed by atoms with Gasteiger partial charge in [0.15, 0.2) is 5.82 Å². The number of piperazine rings is 1. The first-order chi connectivity index (χ1) is 12.2. The smallest absolute Gasteiger partial charge is 0.257 e. The van der Waals surface area contributed by atoms with Gasteiger partial charge in [0.2, 0.25) is 0 Å². The lowest BCUT2D eigenvalue weighted by Gasteiger charge is -2.30. The van der Waals surface area contributed by atoms with Crippen LogP contribution in [0.4, 0.5) is 0 Å². The molecule has 1 aromatic heterocycles. The van der Waals surface area contributed by atoms with Crippen molar-refractivity contribution in [2.24, 2.45) is 0 Å². The van der Waals surface area contributed by atoms with Crippen LogP contribution in [0.3, 0.4) is 0 Å². The largest absolute Gasteiger partial charge is 0.334 e. The summed E-state index contributed by atoms with van der Waals surface area (Å²) in [7, 11) is 2.11. The Balaban J connectivity index is 1.45. The van der Waals surface area contributed by atoms with Crippen LogP contribution in [0.15, 0.2) is 28.8 Å². The number of nitrogens with one attached hydrogen (secondary N) is 1. The molecule has 1 aromatic carbocycles. The van der Waals surface area contributed by atoms with Crippen LogP contribution in [0.1, 0.15) is 37.2 Å². The fourth-order valence-corrected chi connectivity index (χ4v) is 3.51. The minimum atomic E-state index is 0.183. The molecular weight excluding hydrogens is 314 g/mol. The fourth-order valence-electron chi connectivity index (χ4n) is 3.51. The van der Waals surface area contributed by atoms with Crippen molar-refractivity contribution >= 4 is 0 Å². The Morgan fingerprint density at radius 3 is 2.76 bits per heavy atom. The van der Waals surface area contributed by atoms with Crippen LogP contribution in [0, 0.1) is 0 Å². The van der Waals surface area contributed by atoms with Crippen LogP contribution in [-0.4, -0.2) is 59.2 Å². The molecule has 1 saturated carbocycles. The molecule has 0 bridgehead atoms. The van der Waals surface area contributed by atoms with Gasteiger partial charge in [-0.1, -0.05) is 24.2 Å². The molecule has 1 unspecified atom stereocenters. The van der Waals surface area contributed by atoms with E-state index in [1.165, 1.54) is 18.4 Å². The number of likely N-dealkylation sites (N-methyl/N-ethyl adjacent to an activating group) is 1. The van der Waals surface area contributed by atoms with Crippen LogP contribution in [0.25, 0.3) is 11.5 Å². The van der Waals surface area contributed by atoms with E-state index in [-0.39, 0.29) is 6.04 Å². The first kappa shape index (κ1) is 16.7. The van der Waals surface area contributed by atoms with Crippen molar-refractivity contribution in [3.8, 4) is 11.5 Å². The average molecular weight is 341 g/mol. The molecule has 0 radical (unpaired) electrons. The Morgan fingerprint density at radius 2 is 2.08 bits per heavy atom. The normalized spacial score (nSPS) is 21.8. The van der Waals surface area contributed by atoms with E-state index in [2.05, 4.69) is 63.5 Å². The number of aromatic nitrogens is 2. The average Bonchev–Trinajstić information content (AvgIpc) is 3.37. The Hall–Kier alpha value is -1.76. The number of hydrogen-bond donors (Lipinski definition) is 1. The molecule has 1 atom stereocenters. The molecule has 6 nitrogen and oxygen atoms in total. The number of nitrogens with zero attached hydrogens (tertiary/aromatic N) is 4. The van der Waals surface area contributed by atoms with Gasteiger partial charge < -0.3 is 9.84 Å². The quantitative estimate of drug-likeness (QED) is 0.870. The molecule has 1 aliphatic heterocycles. The molecule has 1 N–H and O–H groups in total. The highest BCUT2D eigenvalue weighted by atomic mass is 16.5. The van der Waals surface area contributed by atoms with E-state index in [1.807, 2.05) is 0 Å². The van der Waals surface area contributed by atoms with Gasteiger partial charge >= 0.3 is 0 Å². The lowest BCUT2D eigenvalue weighted by Crippen LogP contribution is -2.44. The maximum absolute atomic E-state index is 5.52. The minimum absolute atomic E-state index is 0.183. The van der Waals surface area contributed by atoms with Crippen molar-refractivity contribution in [3.63, 3.8) is 0 Å². The van der Waals surface area contributed by atoms with E-state index < -0.39 is 0 Å². The lowest BCUT2D eigenvalue weighted by molar-refractivity contribution is 0.190. The molecular formula is C19H27N5O. The summed E-state index contributed by atoms with van der Waals surface area (Å²) in [5.74, 6) is 1.37. The molecule has 1 aliphatic carbocycles. The topological polar surface area (TPSA) is 57.4 Å². The van der Waals surface area contributed by atoms with E-state index in [9.17, 15) is 0 Å². The Labute approximate surface area is 149 Å². The van der Waals surface area contributed by atoms with Gasteiger partial charge in [0.25, 0.3) is 5.89 Å². The third-order valence-electron chi connectivity index (χ3n) is 5.31. The lowest BCUT2D eigenvalue weighted by atomic mass is 10.1. The first-order valence-corrected chi connectivity index (χ1v) is 9.32. The summed E-state index contributed by atoms with van der Waals surface area (Å²) in [6.07, 6.45) is 2.70. The van der Waals surface area contributed by atoms with Crippen LogP contribution in [0.5, 0.6) is 0 Å². The van der Waals surface area contributed by atoms with Gasteiger partial charge in [0, 0.05) is 37.8 Å². The molecule has 2 fully saturated rings. The highest BCUT2D eigenvalue weighted by molar-refractivity contribution is 5.53. The Kier molecular flexibility index (Phi) is 4.83. The molecule has 1 saturated heterocycles. The third-order valence-corrected chi connectivity index (χ3v) is 5.31. The summed E-state index contributed by atoms with van der Waals surface area (Å²) < 4.78 is 5.52. The van der Waals surface area contributed by atoms with Crippen molar-refractivity contribution in [2.45, 2.75) is 38.4 Å². The van der Waals surface area contributed by atoms with Crippen LogP contribution in [-0.2, 0) is 6.54 Å². The predicted molar refractivity (Wildman–Crippen MR) is 97.1 cm³/mol. The molecule has 134 valence electrons. The second-order valence-electron chi connectivity index (χ2n) is 7.15. The zero-order valence-electron chi connectivity index (χ0n) is 15.1. The van der Waals surface area contributed by atoms with Gasteiger partial charge in [-0.3, -0.25) is 9.80 Å². The van der Waals surface area contributed by atoms with Gasteiger partial charge in [-0.2, -0.15) is 4.98 Å². The standard InChI is InChI=1S/C19H27N5O/c1-3-24(16-8-9-16)13-14-4-6-15(7-5-14)19-21-18(22-25-19)17-12-20-10-11-23(17)2/h4-7,16-17,20H,3,8-13H2,1-2H3. The maximum Gasteiger partial charge on any atom is 0.257 e. The van der Waals surface area contributed by atoms with Gasteiger partial charge in [0.05, 0.1) is 6.04 Å². The maximum atomic E-state index is 5.52. The van der Waals surface area contributed by atoms with Crippen LogP contribution >= 0.6 is 0 Å². The molecule has 25 heavy (non-hydrogen) atoms. The van der Waals surface area contributed by atoms with Crippen LogP contribution in [0.2, 0.25) is 0 Å². The fraction of sp³-hybridized carbons (Fsp3) is 0.579. The molecule has 2 heterocycles. The molecule has 2 aromatic rings. The van der Waals surface area contributed by atoms with E-state index in [0.29, 0.717) is 5.89 Å². The number of hydrogen-bond acceptors (Lipinski definition) is 6. The van der Waals surface area contributed by atoms with Gasteiger partial charge in [-0.15, -0.1) is 0 Å². The zero-order chi connectivity index (χ0) is 17.2. The third kappa shape index (κ3) is 3.76. The Bertz CT molecular complexity index is 694. The predicted octanol–water partition coefficient (Wildman–Crippen LogP) is 2.30. The zero-order valence-corrected chi connectivity index (χ0v) is 15.1. The highest BCUT2D eigenvalue weighted by Gasteiger charge is 2.28. The van der Waals surface area contributed by atoms with E-state index in [1.54, 1.807) is 0 Å². The summed E-state index contributed by atoms with van der Waals surface area (Å²) in [6, 6.07) is 9.52. The molecule has 2 aliphatic rings.